The largest absolute Gasteiger partial charge is 0.478 e. The van der Waals surface area contributed by atoms with E-state index in [9.17, 15) is 20.1 Å². The van der Waals surface area contributed by atoms with E-state index in [0.717, 1.165) is 19.4 Å². The van der Waals surface area contributed by atoms with Crippen molar-refractivity contribution in [3.8, 4) is 0 Å². The van der Waals surface area contributed by atoms with Gasteiger partial charge in [0.1, 0.15) is 0 Å². The Morgan fingerprint density at radius 1 is 1.46 bits per heavy atom. The van der Waals surface area contributed by atoms with Gasteiger partial charge in [-0.05, 0) is 13.3 Å². The maximum Gasteiger partial charge on any atom is 0.346 e. The third-order valence-corrected chi connectivity index (χ3v) is 4.70. The minimum Gasteiger partial charge on any atom is -0.478 e. The van der Waals surface area contributed by atoms with Crippen molar-refractivity contribution < 1.29 is 24.7 Å². The molecule has 0 saturated carbocycles. The maximum atomic E-state index is 11.7. The highest BCUT2D eigenvalue weighted by Crippen LogP contribution is 2.33. The second kappa shape index (κ2) is 5.38. The van der Waals surface area contributed by atoms with E-state index in [0.29, 0.717) is 17.0 Å². The topological polar surface area (TPSA) is 124 Å². The summed E-state index contributed by atoms with van der Waals surface area (Å²) in [5, 5.41) is 33.5. The lowest BCUT2D eigenvalue weighted by molar-refractivity contribution is -0.807. The molecule has 1 aliphatic rings. The standard InChI is InChI=1S/C15H21N5O4/c1-4-5-6-19-7-16-9-10(19)17-8-20-11(9)18-14(2,13(22)23)12(21)15(20,3)24/h7-8,12,21,24H,4-6H2,1-3H3,(H,22,23)/p+1/t12-,14+,15-/m1/s1. The SMILES string of the molecule is CCCCn1cnc2c3[n+](cnc21)[C@](C)(O)[C@H](O)[C@@](C)(C(=O)O)N3. The minimum absolute atomic E-state index is 0.315. The van der Waals surface area contributed by atoms with E-state index < -0.39 is 23.3 Å². The van der Waals surface area contributed by atoms with Gasteiger partial charge in [-0.1, -0.05) is 18.3 Å². The molecule has 2 aromatic rings. The summed E-state index contributed by atoms with van der Waals surface area (Å²) < 4.78 is 3.21. The Hall–Kier alpha value is -2.26. The third kappa shape index (κ3) is 2.15. The van der Waals surface area contributed by atoms with Crippen molar-refractivity contribution in [3.05, 3.63) is 12.7 Å². The predicted molar refractivity (Wildman–Crippen MR) is 84.2 cm³/mol. The molecule has 3 atom stereocenters. The molecular formula is C15H22N5O4+. The van der Waals surface area contributed by atoms with Crippen LogP contribution in [0.1, 0.15) is 33.6 Å². The van der Waals surface area contributed by atoms with Crippen LogP contribution in [0.4, 0.5) is 5.82 Å². The van der Waals surface area contributed by atoms with Gasteiger partial charge in [-0.25, -0.2) is 14.3 Å². The molecule has 0 radical (unpaired) electrons. The van der Waals surface area contributed by atoms with Crippen molar-refractivity contribution >= 4 is 23.0 Å². The van der Waals surface area contributed by atoms with Crippen LogP contribution in [-0.4, -0.2) is 47.5 Å². The van der Waals surface area contributed by atoms with Gasteiger partial charge in [0.25, 0.3) is 5.82 Å². The first-order valence-electron chi connectivity index (χ1n) is 7.91. The predicted octanol–water partition coefficient (Wildman–Crippen LogP) is -0.186. The van der Waals surface area contributed by atoms with Gasteiger partial charge < -0.3 is 19.9 Å². The van der Waals surface area contributed by atoms with Gasteiger partial charge in [-0.15, -0.1) is 0 Å². The summed E-state index contributed by atoms with van der Waals surface area (Å²) in [6, 6.07) is 0. The molecule has 4 N–H and O–H groups in total. The van der Waals surface area contributed by atoms with Gasteiger partial charge in [0.15, 0.2) is 11.6 Å². The smallest absolute Gasteiger partial charge is 0.346 e. The quantitative estimate of drug-likeness (QED) is 0.571. The summed E-state index contributed by atoms with van der Waals surface area (Å²) in [6.45, 7) is 5.52. The van der Waals surface area contributed by atoms with Crippen molar-refractivity contribution in [3.63, 3.8) is 0 Å². The van der Waals surface area contributed by atoms with Crippen molar-refractivity contribution in [2.45, 2.75) is 57.5 Å². The van der Waals surface area contributed by atoms with Crippen LogP contribution >= 0.6 is 0 Å². The molecule has 130 valence electrons. The highest BCUT2D eigenvalue weighted by atomic mass is 16.4. The molecule has 0 fully saturated rings. The number of fused-ring (bicyclic) bond motifs is 3. The molecule has 0 aliphatic carbocycles. The third-order valence-electron chi connectivity index (χ3n) is 4.70. The molecule has 0 saturated heterocycles. The molecule has 0 amide bonds. The number of aromatic nitrogens is 4. The number of rotatable bonds is 4. The van der Waals surface area contributed by atoms with Crippen LogP contribution < -0.4 is 9.88 Å². The van der Waals surface area contributed by atoms with Crippen LogP contribution in [0.2, 0.25) is 0 Å². The molecular weight excluding hydrogens is 314 g/mol. The van der Waals surface area contributed by atoms with Crippen molar-refractivity contribution in [2.75, 3.05) is 5.32 Å². The van der Waals surface area contributed by atoms with E-state index in [1.807, 2.05) is 4.57 Å². The minimum atomic E-state index is -1.85. The van der Waals surface area contributed by atoms with Gasteiger partial charge >= 0.3 is 5.97 Å². The lowest BCUT2D eigenvalue weighted by atomic mass is 9.85. The molecule has 0 aromatic carbocycles. The number of aliphatic hydroxyl groups is 2. The Labute approximate surface area is 138 Å². The van der Waals surface area contributed by atoms with E-state index in [1.54, 1.807) is 6.33 Å². The Morgan fingerprint density at radius 2 is 2.17 bits per heavy atom. The van der Waals surface area contributed by atoms with Crippen LogP contribution in [0, 0.1) is 0 Å². The molecule has 9 heteroatoms. The number of imidazole rings is 1. The maximum absolute atomic E-state index is 11.7. The molecule has 9 nitrogen and oxygen atoms in total. The summed E-state index contributed by atoms with van der Waals surface area (Å²) in [5.74, 6) is -0.952. The van der Waals surface area contributed by atoms with Crippen molar-refractivity contribution in [1.82, 2.24) is 14.5 Å². The number of unbranched alkanes of at least 4 members (excludes halogenated alkanes) is 1. The van der Waals surface area contributed by atoms with Gasteiger partial charge in [-0.2, -0.15) is 0 Å². The normalized spacial score (nSPS) is 29.3. The average molecular weight is 336 g/mol. The molecule has 2 aromatic heterocycles. The zero-order valence-electron chi connectivity index (χ0n) is 13.9. The molecule has 0 spiro atoms. The number of hydrogen-bond acceptors (Lipinski definition) is 6. The van der Waals surface area contributed by atoms with E-state index in [4.69, 9.17) is 0 Å². The number of aryl methyl sites for hydroxylation is 1. The fraction of sp³-hybridized carbons (Fsp3) is 0.600. The summed E-state index contributed by atoms with van der Waals surface area (Å²) in [6.07, 6.45) is 3.44. The molecule has 1 aliphatic heterocycles. The van der Waals surface area contributed by atoms with Gasteiger partial charge in [0, 0.05) is 13.5 Å². The van der Waals surface area contributed by atoms with Gasteiger partial charge in [-0.3, -0.25) is 5.32 Å². The summed E-state index contributed by atoms with van der Waals surface area (Å²) >= 11 is 0. The van der Waals surface area contributed by atoms with Crippen LogP contribution in [0.3, 0.4) is 0 Å². The van der Waals surface area contributed by atoms with Crippen LogP contribution in [0.25, 0.3) is 11.2 Å². The highest BCUT2D eigenvalue weighted by molar-refractivity contribution is 5.88. The number of carboxylic acid groups (broad SMARTS) is 1. The second-order valence-corrected chi connectivity index (χ2v) is 6.56. The number of aliphatic carboxylic acids is 1. The number of anilines is 1. The first-order valence-corrected chi connectivity index (χ1v) is 7.91. The second-order valence-electron chi connectivity index (χ2n) is 6.56. The van der Waals surface area contributed by atoms with E-state index in [2.05, 4.69) is 22.2 Å². The van der Waals surface area contributed by atoms with Crippen LogP contribution in [0.5, 0.6) is 0 Å². The van der Waals surface area contributed by atoms with Gasteiger partial charge in [0.05, 0.1) is 6.33 Å². The fourth-order valence-corrected chi connectivity index (χ4v) is 3.08. The van der Waals surface area contributed by atoms with Crippen molar-refractivity contribution in [1.29, 1.82) is 0 Å². The first-order chi connectivity index (χ1) is 11.2. The number of hydrogen-bond donors (Lipinski definition) is 4. The summed E-state index contributed by atoms with van der Waals surface area (Å²) in [5.41, 5.74) is -2.55. The van der Waals surface area contributed by atoms with Gasteiger partial charge in [0.2, 0.25) is 23.2 Å². The summed E-state index contributed by atoms with van der Waals surface area (Å²) in [7, 11) is 0. The number of nitrogens with zero attached hydrogens (tertiary/aromatic N) is 4. The highest BCUT2D eigenvalue weighted by Gasteiger charge is 2.59. The Balaban J connectivity index is 2.20. The number of aliphatic hydroxyl groups excluding tert-OH is 1. The Bertz CT molecular complexity index is 803. The summed E-state index contributed by atoms with van der Waals surface area (Å²) in [4.78, 5) is 20.3. The van der Waals surface area contributed by atoms with E-state index in [-0.39, 0.29) is 0 Å². The number of carboxylic acids is 1. The molecule has 3 heterocycles. The van der Waals surface area contributed by atoms with E-state index in [1.165, 1.54) is 24.7 Å². The monoisotopic (exact) mass is 336 g/mol. The Morgan fingerprint density at radius 3 is 2.79 bits per heavy atom. The fourth-order valence-electron chi connectivity index (χ4n) is 3.08. The molecule has 0 unspecified atom stereocenters. The lowest BCUT2D eigenvalue weighted by Crippen LogP contribution is -2.75. The molecule has 0 bridgehead atoms. The van der Waals surface area contributed by atoms with E-state index >= 15 is 0 Å². The van der Waals surface area contributed by atoms with Crippen LogP contribution in [0.15, 0.2) is 12.7 Å². The van der Waals surface area contributed by atoms with Crippen molar-refractivity contribution in [2.24, 2.45) is 0 Å². The lowest BCUT2D eigenvalue weighted by Gasteiger charge is -2.41. The zero-order chi connectivity index (χ0) is 17.7. The number of carbonyl (C=O) groups is 1. The Kier molecular flexibility index (Phi) is 3.72. The average Bonchev–Trinajstić information content (AvgIpc) is 2.94. The number of nitrogens with one attached hydrogen (secondary N) is 1. The first kappa shape index (κ1) is 16.6. The van der Waals surface area contributed by atoms with Crippen LogP contribution in [-0.2, 0) is 17.1 Å². The molecule has 24 heavy (non-hydrogen) atoms. The molecule has 3 rings (SSSR count). The zero-order valence-corrected chi connectivity index (χ0v) is 13.9.